The number of hydrogen-bond acceptors (Lipinski definition) is 3. The van der Waals surface area contributed by atoms with Gasteiger partial charge in [-0.05, 0) is 59.7 Å². The molecule has 5 heteroatoms. The Labute approximate surface area is 191 Å². The van der Waals surface area contributed by atoms with Crippen LogP contribution >= 0.6 is 0 Å². The number of carbonyl (C=O) groups is 3. The molecule has 33 heavy (non-hydrogen) atoms. The number of fused-ring (bicyclic) bond motifs is 1. The summed E-state index contributed by atoms with van der Waals surface area (Å²) in [4.78, 5) is 41.2. The first-order valence-electron chi connectivity index (χ1n) is 11.6. The highest BCUT2D eigenvalue weighted by molar-refractivity contribution is 6.23. The lowest BCUT2D eigenvalue weighted by molar-refractivity contribution is -0.124. The number of anilines is 2. The molecule has 1 heterocycles. The van der Waals surface area contributed by atoms with Crippen LogP contribution < -0.4 is 10.2 Å². The lowest BCUT2D eigenvalue weighted by Gasteiger charge is -2.37. The molecule has 4 aliphatic carbocycles. The maximum atomic E-state index is 13.4. The van der Waals surface area contributed by atoms with Gasteiger partial charge in [0, 0.05) is 16.6 Å². The molecule has 0 aromatic heterocycles. The molecule has 5 nitrogen and oxygen atoms in total. The minimum absolute atomic E-state index is 0.110. The van der Waals surface area contributed by atoms with Gasteiger partial charge in [-0.25, -0.2) is 4.90 Å². The average molecular weight is 434 g/mol. The Kier molecular flexibility index (Phi) is 3.78. The Morgan fingerprint density at radius 1 is 0.818 bits per heavy atom. The second kappa shape index (κ2) is 6.64. The van der Waals surface area contributed by atoms with Crippen LogP contribution in [0.5, 0.6) is 0 Å². The number of nitrogens with one attached hydrogen (secondary N) is 1. The SMILES string of the molecule is O=C(Nc1cccc2ccccc12)c1cccc(N2C(=O)[C@@H]3[C@H]4C=C[C@H]([C@H]5C[C@H]45)[C@@H]3C2=O)c1. The summed E-state index contributed by atoms with van der Waals surface area (Å²) in [6, 6.07) is 20.5. The number of nitrogens with zero attached hydrogens (tertiary/aromatic N) is 1. The van der Waals surface area contributed by atoms with Crippen LogP contribution in [0.4, 0.5) is 11.4 Å². The minimum atomic E-state index is -0.271. The third-order valence-corrected chi connectivity index (χ3v) is 8.07. The molecule has 0 unspecified atom stereocenters. The fourth-order valence-electron chi connectivity index (χ4n) is 6.53. The van der Waals surface area contributed by atoms with Crippen molar-refractivity contribution in [1.29, 1.82) is 0 Å². The van der Waals surface area contributed by atoms with E-state index in [1.54, 1.807) is 24.3 Å². The number of hydrogen-bond donors (Lipinski definition) is 1. The third kappa shape index (κ3) is 2.62. The van der Waals surface area contributed by atoms with Crippen molar-refractivity contribution in [2.75, 3.05) is 10.2 Å². The fraction of sp³-hybridized carbons (Fsp3) is 0.250. The molecule has 8 rings (SSSR count). The largest absolute Gasteiger partial charge is 0.321 e. The van der Waals surface area contributed by atoms with Crippen LogP contribution in [0.2, 0.25) is 0 Å². The van der Waals surface area contributed by atoms with Crippen molar-refractivity contribution in [1.82, 2.24) is 0 Å². The zero-order valence-electron chi connectivity index (χ0n) is 17.8. The summed E-state index contributed by atoms with van der Waals surface area (Å²) >= 11 is 0. The van der Waals surface area contributed by atoms with Crippen LogP contribution in [-0.4, -0.2) is 17.7 Å². The van der Waals surface area contributed by atoms with E-state index in [4.69, 9.17) is 0 Å². The highest BCUT2D eigenvalue weighted by atomic mass is 16.2. The first-order valence-corrected chi connectivity index (χ1v) is 11.6. The topological polar surface area (TPSA) is 66.5 Å². The van der Waals surface area contributed by atoms with Gasteiger partial charge in [0.2, 0.25) is 11.8 Å². The Bertz CT molecular complexity index is 1350. The zero-order chi connectivity index (χ0) is 22.3. The van der Waals surface area contributed by atoms with E-state index in [1.165, 1.54) is 4.90 Å². The predicted molar refractivity (Wildman–Crippen MR) is 126 cm³/mol. The van der Waals surface area contributed by atoms with Crippen molar-refractivity contribution in [2.45, 2.75) is 6.42 Å². The maximum absolute atomic E-state index is 13.4. The molecular weight excluding hydrogens is 412 g/mol. The van der Waals surface area contributed by atoms with Crippen LogP contribution in [0.15, 0.2) is 78.9 Å². The molecule has 0 radical (unpaired) electrons. The van der Waals surface area contributed by atoms with Gasteiger partial charge in [-0.1, -0.05) is 54.6 Å². The van der Waals surface area contributed by atoms with Gasteiger partial charge < -0.3 is 5.32 Å². The van der Waals surface area contributed by atoms with E-state index >= 15 is 0 Å². The number of imide groups is 1. The van der Waals surface area contributed by atoms with Crippen molar-refractivity contribution in [3.05, 3.63) is 84.4 Å². The van der Waals surface area contributed by atoms with Crippen LogP contribution in [0, 0.1) is 35.5 Å². The van der Waals surface area contributed by atoms with Gasteiger partial charge in [0.15, 0.2) is 0 Å². The molecule has 162 valence electrons. The third-order valence-electron chi connectivity index (χ3n) is 8.07. The molecule has 1 N–H and O–H groups in total. The number of amides is 3. The Morgan fingerprint density at radius 3 is 2.24 bits per heavy atom. The molecule has 3 aromatic carbocycles. The summed E-state index contributed by atoms with van der Waals surface area (Å²) in [7, 11) is 0. The molecule has 3 amide bonds. The van der Waals surface area contributed by atoms with Crippen LogP contribution in [0.3, 0.4) is 0 Å². The predicted octanol–water partition coefficient (Wildman–Crippen LogP) is 4.65. The van der Waals surface area contributed by atoms with Gasteiger partial charge >= 0.3 is 0 Å². The highest BCUT2D eigenvalue weighted by Crippen LogP contribution is 2.65. The lowest BCUT2D eigenvalue weighted by Crippen LogP contribution is -2.40. The van der Waals surface area contributed by atoms with Crippen LogP contribution in [0.1, 0.15) is 16.8 Å². The molecule has 2 saturated carbocycles. The van der Waals surface area contributed by atoms with Crippen molar-refractivity contribution in [2.24, 2.45) is 35.5 Å². The second-order valence-corrected chi connectivity index (χ2v) is 9.70. The Balaban J connectivity index is 1.19. The van der Waals surface area contributed by atoms with E-state index < -0.39 is 0 Å². The van der Waals surface area contributed by atoms with Crippen LogP contribution in [-0.2, 0) is 9.59 Å². The van der Waals surface area contributed by atoms with Crippen LogP contribution in [0.25, 0.3) is 10.8 Å². The van der Waals surface area contributed by atoms with E-state index in [0.717, 1.165) is 22.9 Å². The summed E-state index contributed by atoms with van der Waals surface area (Å²) in [6.45, 7) is 0. The van der Waals surface area contributed by atoms with E-state index in [9.17, 15) is 14.4 Å². The lowest BCUT2D eigenvalue weighted by atomic mass is 9.63. The first kappa shape index (κ1) is 18.8. The maximum Gasteiger partial charge on any atom is 0.255 e. The van der Waals surface area contributed by atoms with Crippen molar-refractivity contribution in [3.63, 3.8) is 0 Å². The molecule has 1 aliphatic heterocycles. The highest BCUT2D eigenvalue weighted by Gasteiger charge is 2.67. The van der Waals surface area contributed by atoms with Gasteiger partial charge in [0.05, 0.1) is 17.5 Å². The zero-order valence-corrected chi connectivity index (χ0v) is 17.8. The smallest absolute Gasteiger partial charge is 0.255 e. The molecule has 6 atom stereocenters. The summed E-state index contributed by atoms with van der Waals surface area (Å²) in [5.41, 5.74) is 1.63. The van der Waals surface area contributed by atoms with Gasteiger partial charge in [0.1, 0.15) is 0 Å². The fourth-order valence-corrected chi connectivity index (χ4v) is 6.53. The van der Waals surface area contributed by atoms with Gasteiger partial charge in [-0.3, -0.25) is 14.4 Å². The number of allylic oxidation sites excluding steroid dienone is 2. The summed E-state index contributed by atoms with van der Waals surface area (Å²) in [6.07, 6.45) is 5.48. The first-order chi connectivity index (χ1) is 16.1. The molecule has 1 saturated heterocycles. The molecule has 3 aromatic rings. The number of rotatable bonds is 3. The number of carbonyl (C=O) groups excluding carboxylic acids is 3. The van der Waals surface area contributed by atoms with E-state index in [2.05, 4.69) is 17.5 Å². The molecule has 5 aliphatic rings. The summed E-state index contributed by atoms with van der Waals surface area (Å²) in [5.74, 6) is 0.518. The quantitative estimate of drug-likeness (QED) is 0.482. The molecule has 2 bridgehead atoms. The molecule has 3 fully saturated rings. The Hall–Kier alpha value is -3.73. The molecule has 0 spiro atoms. The summed E-state index contributed by atoms with van der Waals surface area (Å²) in [5, 5.41) is 4.99. The molecular formula is C28H22N2O3. The van der Waals surface area contributed by atoms with Crippen molar-refractivity contribution in [3.8, 4) is 0 Å². The van der Waals surface area contributed by atoms with E-state index in [1.807, 2.05) is 42.5 Å². The number of benzene rings is 3. The van der Waals surface area contributed by atoms with Gasteiger partial charge in [0.25, 0.3) is 5.91 Å². The van der Waals surface area contributed by atoms with Crippen molar-refractivity contribution < 1.29 is 14.4 Å². The van der Waals surface area contributed by atoms with Gasteiger partial charge in [-0.15, -0.1) is 0 Å². The Morgan fingerprint density at radius 2 is 1.48 bits per heavy atom. The second-order valence-electron chi connectivity index (χ2n) is 9.70. The average Bonchev–Trinajstić information content (AvgIpc) is 3.62. The summed E-state index contributed by atoms with van der Waals surface area (Å²) < 4.78 is 0. The van der Waals surface area contributed by atoms with Crippen molar-refractivity contribution >= 4 is 39.9 Å². The standard InChI is InChI=1S/C28H22N2O3/c31-26(29-23-10-4-6-15-5-1-2-9-18(15)23)16-7-3-8-17(13-16)30-27(32)24-19-11-12-20(22-14-21(19)22)25(24)28(30)33/h1-13,19-22,24-25H,14H2,(H,29,31)/t19-,20+,21-,22-,24+,25-/m1/s1. The van der Waals surface area contributed by atoms with E-state index in [0.29, 0.717) is 23.1 Å². The van der Waals surface area contributed by atoms with E-state index in [-0.39, 0.29) is 41.4 Å². The monoisotopic (exact) mass is 434 g/mol. The van der Waals surface area contributed by atoms with Gasteiger partial charge in [-0.2, -0.15) is 0 Å². The minimum Gasteiger partial charge on any atom is -0.321 e. The normalized spacial score (nSPS) is 31.0.